The molecule has 0 spiro atoms. The summed E-state index contributed by atoms with van der Waals surface area (Å²) in [6.07, 6.45) is 1.03. The van der Waals surface area contributed by atoms with Gasteiger partial charge in [0.1, 0.15) is 0 Å². The Hall–Kier alpha value is -2.18. The van der Waals surface area contributed by atoms with Gasteiger partial charge >= 0.3 is 0 Å². The molecule has 7 heteroatoms. The van der Waals surface area contributed by atoms with Gasteiger partial charge in [0.05, 0.1) is 9.21 Å². The van der Waals surface area contributed by atoms with Crippen molar-refractivity contribution in [3.8, 4) is 0 Å². The van der Waals surface area contributed by atoms with Gasteiger partial charge in [0.2, 0.25) is 11.8 Å². The molecule has 1 N–H and O–H groups in total. The van der Waals surface area contributed by atoms with E-state index in [1.807, 2.05) is 12.1 Å². The molecule has 0 bridgehead atoms. The fourth-order valence-electron chi connectivity index (χ4n) is 2.84. The van der Waals surface area contributed by atoms with Gasteiger partial charge < -0.3 is 10.2 Å². The summed E-state index contributed by atoms with van der Waals surface area (Å²) in [6, 6.07) is 8.86. The molecule has 0 fully saturated rings. The van der Waals surface area contributed by atoms with Crippen LogP contribution in [-0.2, 0) is 16.0 Å². The minimum atomic E-state index is -0.211. The average Bonchev–Trinajstić information content (AvgIpc) is 3.18. The molecule has 1 aromatic carbocycles. The first-order valence-corrected chi connectivity index (χ1v) is 9.13. The summed E-state index contributed by atoms with van der Waals surface area (Å²) < 4.78 is 0.561. The molecule has 0 saturated heterocycles. The molecule has 25 heavy (non-hydrogen) atoms. The first kappa shape index (κ1) is 17.6. The van der Waals surface area contributed by atoms with Gasteiger partial charge in [0.15, 0.2) is 5.78 Å². The van der Waals surface area contributed by atoms with E-state index in [0.29, 0.717) is 21.4 Å². The van der Waals surface area contributed by atoms with Gasteiger partial charge in [-0.25, -0.2) is 0 Å². The lowest BCUT2D eigenvalue weighted by atomic mass is 10.1. The molecule has 0 atom stereocenters. The summed E-state index contributed by atoms with van der Waals surface area (Å²) >= 11 is 7.03. The number of amides is 2. The van der Waals surface area contributed by atoms with Gasteiger partial charge in [-0.15, -0.1) is 11.3 Å². The maximum atomic E-state index is 12.1. The Bertz CT molecular complexity index is 847. The van der Waals surface area contributed by atoms with Gasteiger partial charge in [-0.3, -0.25) is 14.4 Å². The molecule has 1 aliphatic heterocycles. The molecular weight excluding hydrogens is 360 g/mol. The SMILES string of the molecule is CC(=O)N1CCc2cc(NC(=O)CCC(=O)c3ccc(Cl)s3)ccc21. The highest BCUT2D eigenvalue weighted by atomic mass is 35.5. The third-order valence-corrected chi connectivity index (χ3v) is 5.34. The molecule has 2 amide bonds. The Balaban J connectivity index is 1.57. The number of fused-ring (bicyclic) bond motifs is 1. The summed E-state index contributed by atoms with van der Waals surface area (Å²) in [5, 5.41) is 2.81. The van der Waals surface area contributed by atoms with E-state index in [2.05, 4.69) is 5.32 Å². The molecule has 1 aliphatic rings. The predicted molar refractivity (Wildman–Crippen MR) is 99.7 cm³/mol. The minimum absolute atomic E-state index is 0.0164. The number of ketones is 1. The van der Waals surface area contributed by atoms with Crippen LogP contribution in [0.25, 0.3) is 0 Å². The largest absolute Gasteiger partial charge is 0.326 e. The number of anilines is 2. The van der Waals surface area contributed by atoms with Crippen LogP contribution in [0.4, 0.5) is 11.4 Å². The van der Waals surface area contributed by atoms with Crippen molar-refractivity contribution in [2.24, 2.45) is 0 Å². The lowest BCUT2D eigenvalue weighted by Crippen LogP contribution is -2.25. The third-order valence-electron chi connectivity index (χ3n) is 4.07. The number of benzene rings is 1. The van der Waals surface area contributed by atoms with Crippen molar-refractivity contribution in [3.05, 3.63) is 45.1 Å². The van der Waals surface area contributed by atoms with Crippen molar-refractivity contribution >= 4 is 51.9 Å². The van der Waals surface area contributed by atoms with E-state index in [4.69, 9.17) is 11.6 Å². The fraction of sp³-hybridized carbons (Fsp3) is 0.278. The van der Waals surface area contributed by atoms with Gasteiger partial charge in [-0.2, -0.15) is 0 Å². The van der Waals surface area contributed by atoms with Gasteiger partial charge in [-0.1, -0.05) is 11.6 Å². The van der Waals surface area contributed by atoms with Crippen molar-refractivity contribution in [1.82, 2.24) is 0 Å². The van der Waals surface area contributed by atoms with E-state index in [1.54, 1.807) is 30.0 Å². The average molecular weight is 377 g/mol. The zero-order valence-electron chi connectivity index (χ0n) is 13.7. The lowest BCUT2D eigenvalue weighted by molar-refractivity contribution is -0.117. The Morgan fingerprint density at radius 3 is 2.68 bits per heavy atom. The molecule has 2 aromatic rings. The van der Waals surface area contributed by atoms with Crippen LogP contribution in [0.5, 0.6) is 0 Å². The van der Waals surface area contributed by atoms with Gasteiger partial charge in [0.25, 0.3) is 0 Å². The summed E-state index contributed by atoms with van der Waals surface area (Å²) in [7, 11) is 0. The Morgan fingerprint density at radius 2 is 2.00 bits per heavy atom. The van der Waals surface area contributed by atoms with Crippen LogP contribution in [0.1, 0.15) is 35.0 Å². The molecule has 2 heterocycles. The van der Waals surface area contributed by atoms with E-state index in [9.17, 15) is 14.4 Å². The molecule has 0 aliphatic carbocycles. The lowest BCUT2D eigenvalue weighted by Gasteiger charge is -2.15. The van der Waals surface area contributed by atoms with E-state index in [-0.39, 0.29) is 30.4 Å². The number of nitrogens with one attached hydrogen (secondary N) is 1. The Labute approximate surface area is 154 Å². The molecule has 0 unspecified atom stereocenters. The summed E-state index contributed by atoms with van der Waals surface area (Å²) in [5.74, 6) is -0.279. The Kier molecular flexibility index (Phi) is 5.20. The molecule has 5 nitrogen and oxygen atoms in total. The molecule has 1 aromatic heterocycles. The second-order valence-electron chi connectivity index (χ2n) is 5.84. The Morgan fingerprint density at radius 1 is 1.20 bits per heavy atom. The number of hydrogen-bond acceptors (Lipinski definition) is 4. The van der Waals surface area contributed by atoms with Crippen molar-refractivity contribution in [2.45, 2.75) is 26.2 Å². The first-order valence-electron chi connectivity index (χ1n) is 7.93. The number of Topliss-reactive ketones (excluding diaryl/α,β-unsaturated/α-hetero) is 1. The topological polar surface area (TPSA) is 66.5 Å². The van der Waals surface area contributed by atoms with E-state index in [1.165, 1.54) is 11.3 Å². The number of carbonyl (C=O) groups is 3. The van der Waals surface area contributed by atoms with Crippen LogP contribution < -0.4 is 10.2 Å². The van der Waals surface area contributed by atoms with Crippen molar-refractivity contribution in [2.75, 3.05) is 16.8 Å². The van der Waals surface area contributed by atoms with Crippen LogP contribution in [0.15, 0.2) is 30.3 Å². The number of rotatable bonds is 5. The van der Waals surface area contributed by atoms with Crippen LogP contribution in [0.2, 0.25) is 4.34 Å². The minimum Gasteiger partial charge on any atom is -0.326 e. The second kappa shape index (κ2) is 7.37. The number of carbonyl (C=O) groups excluding carboxylic acids is 3. The molecular formula is C18H17ClN2O3S. The van der Waals surface area contributed by atoms with Crippen LogP contribution in [0.3, 0.4) is 0 Å². The highest BCUT2D eigenvalue weighted by Crippen LogP contribution is 2.30. The van der Waals surface area contributed by atoms with Crippen molar-refractivity contribution in [1.29, 1.82) is 0 Å². The molecule has 0 saturated carbocycles. The monoisotopic (exact) mass is 376 g/mol. The first-order chi connectivity index (χ1) is 11.9. The van der Waals surface area contributed by atoms with Gasteiger partial charge in [0, 0.05) is 37.7 Å². The molecule has 130 valence electrons. The zero-order valence-corrected chi connectivity index (χ0v) is 15.2. The van der Waals surface area contributed by atoms with Crippen LogP contribution in [-0.4, -0.2) is 24.1 Å². The van der Waals surface area contributed by atoms with Crippen molar-refractivity contribution in [3.63, 3.8) is 0 Å². The second-order valence-corrected chi connectivity index (χ2v) is 7.55. The number of halogens is 1. The standard InChI is InChI=1S/C18H17ClN2O3S/c1-11(22)21-9-8-12-10-13(2-3-14(12)21)20-18(24)7-4-15(23)16-5-6-17(19)25-16/h2-3,5-6,10H,4,7-9H2,1H3,(H,20,24). The quantitative estimate of drug-likeness (QED) is 0.804. The summed E-state index contributed by atoms with van der Waals surface area (Å²) in [5.41, 5.74) is 2.62. The highest BCUT2D eigenvalue weighted by molar-refractivity contribution is 7.18. The molecule has 0 radical (unpaired) electrons. The number of nitrogens with zero attached hydrogens (tertiary/aromatic N) is 1. The zero-order chi connectivity index (χ0) is 18.0. The number of thiophene rings is 1. The third kappa shape index (κ3) is 4.08. The van der Waals surface area contributed by atoms with E-state index >= 15 is 0 Å². The number of hydrogen-bond donors (Lipinski definition) is 1. The predicted octanol–water partition coefficient (Wildman–Crippen LogP) is 3.91. The molecule has 3 rings (SSSR count). The maximum absolute atomic E-state index is 12.1. The van der Waals surface area contributed by atoms with Crippen molar-refractivity contribution < 1.29 is 14.4 Å². The normalized spacial score (nSPS) is 12.8. The smallest absolute Gasteiger partial charge is 0.224 e. The van der Waals surface area contributed by atoms with Crippen LogP contribution >= 0.6 is 22.9 Å². The highest BCUT2D eigenvalue weighted by Gasteiger charge is 2.22. The maximum Gasteiger partial charge on any atom is 0.224 e. The van der Waals surface area contributed by atoms with E-state index < -0.39 is 0 Å². The van der Waals surface area contributed by atoms with Crippen LogP contribution in [0, 0.1) is 0 Å². The summed E-state index contributed by atoms with van der Waals surface area (Å²) in [6.45, 7) is 2.21. The summed E-state index contributed by atoms with van der Waals surface area (Å²) in [4.78, 5) is 37.9. The van der Waals surface area contributed by atoms with Gasteiger partial charge in [-0.05, 0) is 42.3 Å². The fourth-order valence-corrected chi connectivity index (χ4v) is 3.86. The van der Waals surface area contributed by atoms with E-state index in [0.717, 1.165) is 17.7 Å².